The molecule has 0 radical (unpaired) electrons. The fraction of sp³-hybridized carbons (Fsp3) is 0.917. The zero-order valence-electron chi connectivity index (χ0n) is 10.6. The van der Waals surface area contributed by atoms with Gasteiger partial charge in [0.1, 0.15) is 0 Å². The number of rotatable bonds is 7. The van der Waals surface area contributed by atoms with Gasteiger partial charge in [-0.25, -0.2) is 0 Å². The van der Waals surface area contributed by atoms with Gasteiger partial charge in [0, 0.05) is 26.2 Å². The molecule has 0 spiro atoms. The Morgan fingerprint density at radius 1 is 1.65 bits per heavy atom. The lowest BCUT2D eigenvalue weighted by molar-refractivity contribution is -0.124. The molecule has 1 aliphatic heterocycles. The van der Waals surface area contributed by atoms with E-state index in [0.29, 0.717) is 25.5 Å². The van der Waals surface area contributed by atoms with Crippen LogP contribution in [0.1, 0.15) is 26.2 Å². The van der Waals surface area contributed by atoms with Gasteiger partial charge < -0.3 is 20.5 Å². The molecule has 1 aliphatic rings. The van der Waals surface area contributed by atoms with E-state index < -0.39 is 0 Å². The van der Waals surface area contributed by atoms with Crippen molar-refractivity contribution >= 4 is 5.91 Å². The third kappa shape index (κ3) is 6.61. The molecule has 0 bridgehead atoms. The molecule has 1 fully saturated rings. The average Bonchev–Trinajstić information content (AvgIpc) is 2.35. The summed E-state index contributed by atoms with van der Waals surface area (Å²) < 4.78 is 5.45. The van der Waals surface area contributed by atoms with Crippen LogP contribution in [0.4, 0.5) is 0 Å². The second-order valence-corrected chi connectivity index (χ2v) is 4.68. The molecule has 3 N–H and O–H groups in total. The number of carbonyl (C=O) groups is 1. The van der Waals surface area contributed by atoms with E-state index in [2.05, 4.69) is 10.6 Å². The molecule has 0 aromatic rings. The third-order valence-electron chi connectivity index (χ3n) is 2.93. The van der Waals surface area contributed by atoms with E-state index in [1.807, 2.05) is 6.92 Å². The van der Waals surface area contributed by atoms with Crippen LogP contribution in [-0.4, -0.2) is 50.0 Å². The lowest BCUT2D eigenvalue weighted by Gasteiger charge is -2.23. The molecule has 0 aromatic heterocycles. The molecule has 0 aromatic carbocycles. The van der Waals surface area contributed by atoms with E-state index in [0.717, 1.165) is 25.9 Å². The SMILES string of the molecule is CC(CO)CCCNC(=O)CC1CNCCO1. The second-order valence-electron chi connectivity index (χ2n) is 4.68. The van der Waals surface area contributed by atoms with Crippen LogP contribution in [0.5, 0.6) is 0 Å². The number of ether oxygens (including phenoxy) is 1. The summed E-state index contributed by atoms with van der Waals surface area (Å²) in [7, 11) is 0. The van der Waals surface area contributed by atoms with Crippen LogP contribution in [0.2, 0.25) is 0 Å². The summed E-state index contributed by atoms with van der Waals surface area (Å²) >= 11 is 0. The van der Waals surface area contributed by atoms with Crippen LogP contribution in [0.3, 0.4) is 0 Å². The van der Waals surface area contributed by atoms with Crippen LogP contribution in [0.25, 0.3) is 0 Å². The number of carbonyl (C=O) groups excluding carboxylic acids is 1. The minimum atomic E-state index is 0.0140. The molecule has 1 rings (SSSR count). The average molecular weight is 244 g/mol. The Balaban J connectivity index is 2.00. The Bertz CT molecular complexity index is 218. The number of aliphatic hydroxyl groups is 1. The standard InChI is InChI=1S/C12H24N2O3/c1-10(9-15)3-2-4-14-12(16)7-11-8-13-5-6-17-11/h10-11,13,15H,2-9H2,1H3,(H,14,16). The topological polar surface area (TPSA) is 70.6 Å². The van der Waals surface area contributed by atoms with Crippen molar-refractivity contribution in [3.63, 3.8) is 0 Å². The maximum Gasteiger partial charge on any atom is 0.222 e. The van der Waals surface area contributed by atoms with Crippen LogP contribution in [-0.2, 0) is 9.53 Å². The number of hydrogen-bond acceptors (Lipinski definition) is 4. The Hall–Kier alpha value is -0.650. The van der Waals surface area contributed by atoms with Crippen molar-refractivity contribution in [3.05, 3.63) is 0 Å². The summed E-state index contributed by atoms with van der Waals surface area (Å²) in [5, 5.41) is 14.9. The van der Waals surface area contributed by atoms with E-state index >= 15 is 0 Å². The zero-order valence-corrected chi connectivity index (χ0v) is 10.6. The molecular weight excluding hydrogens is 220 g/mol. The minimum Gasteiger partial charge on any atom is -0.396 e. The van der Waals surface area contributed by atoms with E-state index in [9.17, 15) is 4.79 Å². The van der Waals surface area contributed by atoms with Gasteiger partial charge >= 0.3 is 0 Å². The molecule has 1 saturated heterocycles. The fourth-order valence-corrected chi connectivity index (χ4v) is 1.80. The maximum atomic E-state index is 11.6. The van der Waals surface area contributed by atoms with Gasteiger partial charge in [-0.2, -0.15) is 0 Å². The molecule has 5 nitrogen and oxygen atoms in total. The van der Waals surface area contributed by atoms with Gasteiger partial charge in [-0.1, -0.05) is 6.92 Å². The Morgan fingerprint density at radius 2 is 2.47 bits per heavy atom. The Labute approximate surface area is 103 Å². The van der Waals surface area contributed by atoms with Gasteiger partial charge in [0.25, 0.3) is 0 Å². The van der Waals surface area contributed by atoms with Crippen molar-refractivity contribution in [1.82, 2.24) is 10.6 Å². The van der Waals surface area contributed by atoms with E-state index in [1.54, 1.807) is 0 Å². The van der Waals surface area contributed by atoms with E-state index in [4.69, 9.17) is 9.84 Å². The highest BCUT2D eigenvalue weighted by atomic mass is 16.5. The first-order valence-electron chi connectivity index (χ1n) is 6.42. The van der Waals surface area contributed by atoms with Crippen molar-refractivity contribution in [3.8, 4) is 0 Å². The maximum absolute atomic E-state index is 11.6. The number of amides is 1. The van der Waals surface area contributed by atoms with Crippen molar-refractivity contribution < 1.29 is 14.6 Å². The lowest BCUT2D eigenvalue weighted by Crippen LogP contribution is -2.41. The second kappa shape index (κ2) is 8.44. The van der Waals surface area contributed by atoms with Crippen LogP contribution < -0.4 is 10.6 Å². The van der Waals surface area contributed by atoms with E-state index in [1.165, 1.54) is 0 Å². The van der Waals surface area contributed by atoms with Gasteiger partial charge in [0.05, 0.1) is 19.1 Å². The molecule has 17 heavy (non-hydrogen) atoms. The number of aliphatic hydroxyl groups excluding tert-OH is 1. The Kier molecular flexibility index (Phi) is 7.16. The molecule has 5 heteroatoms. The molecule has 0 aliphatic carbocycles. The normalized spacial score (nSPS) is 22.1. The van der Waals surface area contributed by atoms with E-state index in [-0.39, 0.29) is 18.6 Å². The summed E-state index contributed by atoms with van der Waals surface area (Å²) in [4.78, 5) is 11.6. The van der Waals surface area contributed by atoms with Gasteiger partial charge in [-0.15, -0.1) is 0 Å². The molecule has 1 heterocycles. The third-order valence-corrected chi connectivity index (χ3v) is 2.93. The highest BCUT2D eigenvalue weighted by molar-refractivity contribution is 5.76. The first-order chi connectivity index (χ1) is 8.22. The predicted molar refractivity (Wildman–Crippen MR) is 65.7 cm³/mol. The summed E-state index contributed by atoms with van der Waals surface area (Å²) in [6.07, 6.45) is 2.30. The summed E-state index contributed by atoms with van der Waals surface area (Å²) in [6, 6.07) is 0. The summed E-state index contributed by atoms with van der Waals surface area (Å²) in [6.45, 7) is 5.22. The molecule has 2 atom stereocenters. The van der Waals surface area contributed by atoms with Gasteiger partial charge in [-0.3, -0.25) is 4.79 Å². The quantitative estimate of drug-likeness (QED) is 0.547. The van der Waals surface area contributed by atoms with Crippen LogP contribution >= 0.6 is 0 Å². The highest BCUT2D eigenvalue weighted by Gasteiger charge is 2.16. The summed E-state index contributed by atoms with van der Waals surface area (Å²) in [5.74, 6) is 0.369. The smallest absolute Gasteiger partial charge is 0.222 e. The number of hydrogen-bond donors (Lipinski definition) is 3. The first kappa shape index (κ1) is 14.4. The van der Waals surface area contributed by atoms with Crippen molar-refractivity contribution in [2.24, 2.45) is 5.92 Å². The van der Waals surface area contributed by atoms with Gasteiger partial charge in [-0.05, 0) is 18.8 Å². The molecular formula is C12H24N2O3. The lowest BCUT2D eigenvalue weighted by atomic mass is 10.1. The number of morpholine rings is 1. The predicted octanol–water partition coefficient (Wildman–Crippen LogP) is -0.110. The largest absolute Gasteiger partial charge is 0.396 e. The summed E-state index contributed by atoms with van der Waals surface area (Å²) in [5.41, 5.74) is 0. The molecule has 2 unspecified atom stereocenters. The van der Waals surface area contributed by atoms with Crippen LogP contribution in [0, 0.1) is 5.92 Å². The van der Waals surface area contributed by atoms with Crippen molar-refractivity contribution in [2.75, 3.05) is 32.8 Å². The monoisotopic (exact) mass is 244 g/mol. The van der Waals surface area contributed by atoms with Crippen molar-refractivity contribution in [2.45, 2.75) is 32.3 Å². The zero-order chi connectivity index (χ0) is 12.5. The van der Waals surface area contributed by atoms with Crippen LogP contribution in [0.15, 0.2) is 0 Å². The first-order valence-corrected chi connectivity index (χ1v) is 6.42. The minimum absolute atomic E-state index is 0.0140. The molecule has 0 saturated carbocycles. The van der Waals surface area contributed by atoms with Crippen molar-refractivity contribution in [1.29, 1.82) is 0 Å². The molecule has 1 amide bonds. The van der Waals surface area contributed by atoms with Gasteiger partial charge in [0.15, 0.2) is 0 Å². The Morgan fingerprint density at radius 3 is 3.12 bits per heavy atom. The van der Waals surface area contributed by atoms with Gasteiger partial charge in [0.2, 0.25) is 5.91 Å². The highest BCUT2D eigenvalue weighted by Crippen LogP contribution is 2.04. The molecule has 100 valence electrons. The fourth-order valence-electron chi connectivity index (χ4n) is 1.80. The number of nitrogens with one attached hydrogen (secondary N) is 2.